The third kappa shape index (κ3) is 3.88. The van der Waals surface area contributed by atoms with E-state index in [0.29, 0.717) is 5.92 Å². The van der Waals surface area contributed by atoms with Gasteiger partial charge in [0.2, 0.25) is 0 Å². The Hall–Kier alpha value is -1.19. The third-order valence-corrected chi connectivity index (χ3v) is 3.89. The van der Waals surface area contributed by atoms with E-state index in [1.165, 1.54) is 5.56 Å². The van der Waals surface area contributed by atoms with Crippen molar-refractivity contribution in [3.05, 3.63) is 64.4 Å². The predicted octanol–water partition coefficient (Wildman–Crippen LogP) is 3.91. The lowest BCUT2D eigenvalue weighted by atomic mass is 9.87. The van der Waals surface area contributed by atoms with Gasteiger partial charge >= 0.3 is 0 Å². The van der Waals surface area contributed by atoms with E-state index in [0.717, 1.165) is 23.0 Å². The Bertz CT molecular complexity index is 496. The van der Waals surface area contributed by atoms with Crippen molar-refractivity contribution >= 4 is 15.9 Å². The molecule has 0 aliphatic carbocycles. The lowest BCUT2D eigenvalue weighted by molar-refractivity contribution is 0.510. The Morgan fingerprint density at radius 2 is 1.89 bits per heavy atom. The summed E-state index contributed by atoms with van der Waals surface area (Å²) in [7, 11) is 0. The van der Waals surface area contributed by atoms with Crippen LogP contribution in [0.3, 0.4) is 0 Å². The molecule has 100 valence electrons. The monoisotopic (exact) mass is 318 g/mol. The molecular formula is C16H19BrN2. The Labute approximate surface area is 123 Å². The lowest BCUT2D eigenvalue weighted by Crippen LogP contribution is -2.30. The molecule has 1 aromatic heterocycles. The van der Waals surface area contributed by atoms with Gasteiger partial charge in [0.05, 0.1) is 0 Å². The van der Waals surface area contributed by atoms with Crippen LogP contribution in [-0.2, 0) is 6.42 Å². The van der Waals surface area contributed by atoms with E-state index in [1.807, 2.05) is 24.4 Å². The molecule has 19 heavy (non-hydrogen) atoms. The summed E-state index contributed by atoms with van der Waals surface area (Å²) in [6, 6.07) is 14.6. The molecule has 2 aromatic rings. The van der Waals surface area contributed by atoms with E-state index in [9.17, 15) is 0 Å². The van der Waals surface area contributed by atoms with Crippen LogP contribution in [0.4, 0.5) is 0 Å². The van der Waals surface area contributed by atoms with Crippen LogP contribution in [0.5, 0.6) is 0 Å². The summed E-state index contributed by atoms with van der Waals surface area (Å²) in [5.41, 5.74) is 8.74. The summed E-state index contributed by atoms with van der Waals surface area (Å²) in [5, 5.41) is 0. The highest BCUT2D eigenvalue weighted by atomic mass is 79.9. The molecule has 2 unspecified atom stereocenters. The first-order chi connectivity index (χ1) is 9.20. The molecule has 2 atom stereocenters. The van der Waals surface area contributed by atoms with Crippen molar-refractivity contribution in [1.29, 1.82) is 0 Å². The smallest absolute Gasteiger partial charge is 0.0420 e. The van der Waals surface area contributed by atoms with Crippen LogP contribution in [-0.4, -0.2) is 11.0 Å². The number of hydrogen-bond donors (Lipinski definition) is 1. The van der Waals surface area contributed by atoms with Crippen molar-refractivity contribution in [2.45, 2.75) is 31.7 Å². The van der Waals surface area contributed by atoms with Gasteiger partial charge in [-0.15, -0.1) is 0 Å². The number of rotatable bonds is 5. The van der Waals surface area contributed by atoms with Crippen LogP contribution in [0.25, 0.3) is 0 Å². The summed E-state index contributed by atoms with van der Waals surface area (Å²) in [4.78, 5) is 4.40. The van der Waals surface area contributed by atoms with Crippen LogP contribution in [0, 0.1) is 0 Å². The minimum absolute atomic E-state index is 0.0982. The molecule has 2 rings (SSSR count). The molecule has 0 saturated carbocycles. The van der Waals surface area contributed by atoms with E-state index in [2.05, 4.69) is 52.1 Å². The molecule has 0 aliphatic heterocycles. The fourth-order valence-corrected chi connectivity index (χ4v) is 2.63. The van der Waals surface area contributed by atoms with Gasteiger partial charge in [-0.3, -0.25) is 4.98 Å². The van der Waals surface area contributed by atoms with E-state index in [4.69, 9.17) is 5.73 Å². The third-order valence-electron chi connectivity index (χ3n) is 3.42. The molecule has 0 aliphatic rings. The van der Waals surface area contributed by atoms with Crippen LogP contribution >= 0.6 is 15.9 Å². The van der Waals surface area contributed by atoms with E-state index < -0.39 is 0 Å². The second-order valence-corrected chi connectivity index (χ2v) is 5.68. The maximum Gasteiger partial charge on any atom is 0.0420 e. The highest BCUT2D eigenvalue weighted by Gasteiger charge is 2.18. The number of nitrogens with two attached hydrogens (primary N) is 1. The summed E-state index contributed by atoms with van der Waals surface area (Å²) in [6.07, 6.45) is 3.67. The minimum Gasteiger partial charge on any atom is -0.327 e. The van der Waals surface area contributed by atoms with Gasteiger partial charge < -0.3 is 5.73 Å². The zero-order chi connectivity index (χ0) is 13.7. The molecule has 0 bridgehead atoms. The Balaban J connectivity index is 2.09. The van der Waals surface area contributed by atoms with Crippen LogP contribution in [0.1, 0.15) is 30.5 Å². The molecule has 0 saturated heterocycles. The molecule has 1 aromatic carbocycles. The summed E-state index contributed by atoms with van der Waals surface area (Å²) >= 11 is 3.40. The average molecular weight is 319 g/mol. The van der Waals surface area contributed by atoms with Crippen molar-refractivity contribution in [2.24, 2.45) is 5.73 Å². The molecule has 0 radical (unpaired) electrons. The van der Waals surface area contributed by atoms with Gasteiger partial charge in [0.1, 0.15) is 0 Å². The number of nitrogens with zero attached hydrogens (tertiary/aromatic N) is 1. The first-order valence-electron chi connectivity index (χ1n) is 6.61. The molecule has 0 spiro atoms. The number of pyridine rings is 1. The molecule has 3 heteroatoms. The zero-order valence-electron chi connectivity index (χ0n) is 11.1. The number of halogens is 1. The Kier molecular flexibility index (Phi) is 5.11. The SMILES string of the molecule is CCC(c1ccccc1)C(N)Cc1ccc(Br)cn1. The summed E-state index contributed by atoms with van der Waals surface area (Å²) in [6.45, 7) is 2.19. The molecule has 2 nitrogen and oxygen atoms in total. The van der Waals surface area contributed by atoms with E-state index >= 15 is 0 Å². The molecular weight excluding hydrogens is 300 g/mol. The number of hydrogen-bond acceptors (Lipinski definition) is 2. The molecule has 0 amide bonds. The predicted molar refractivity (Wildman–Crippen MR) is 83.1 cm³/mol. The van der Waals surface area contributed by atoms with Crippen molar-refractivity contribution in [1.82, 2.24) is 4.98 Å². The van der Waals surface area contributed by atoms with Gasteiger partial charge in [-0.1, -0.05) is 37.3 Å². The largest absolute Gasteiger partial charge is 0.327 e. The van der Waals surface area contributed by atoms with Gasteiger partial charge in [-0.2, -0.15) is 0 Å². The quantitative estimate of drug-likeness (QED) is 0.907. The van der Waals surface area contributed by atoms with Crippen molar-refractivity contribution in [3.8, 4) is 0 Å². The van der Waals surface area contributed by atoms with E-state index in [-0.39, 0.29) is 6.04 Å². The zero-order valence-corrected chi connectivity index (χ0v) is 12.7. The Morgan fingerprint density at radius 3 is 2.47 bits per heavy atom. The number of benzene rings is 1. The highest BCUT2D eigenvalue weighted by molar-refractivity contribution is 9.10. The van der Waals surface area contributed by atoms with Crippen LogP contribution in [0.15, 0.2) is 53.1 Å². The van der Waals surface area contributed by atoms with Gasteiger partial charge in [-0.25, -0.2) is 0 Å². The topological polar surface area (TPSA) is 38.9 Å². The molecule has 1 heterocycles. The number of aromatic nitrogens is 1. The van der Waals surface area contributed by atoms with Gasteiger partial charge in [-0.05, 0) is 46.0 Å². The summed E-state index contributed by atoms with van der Waals surface area (Å²) in [5.74, 6) is 0.381. The highest BCUT2D eigenvalue weighted by Crippen LogP contribution is 2.24. The minimum atomic E-state index is 0.0982. The standard InChI is InChI=1S/C16H19BrN2/c1-2-15(12-6-4-3-5-7-12)16(18)10-14-9-8-13(17)11-19-14/h3-9,11,15-16H,2,10,18H2,1H3. The maximum absolute atomic E-state index is 6.38. The molecule has 2 N–H and O–H groups in total. The second-order valence-electron chi connectivity index (χ2n) is 4.76. The Morgan fingerprint density at radius 1 is 1.16 bits per heavy atom. The van der Waals surface area contributed by atoms with Crippen molar-refractivity contribution in [2.75, 3.05) is 0 Å². The van der Waals surface area contributed by atoms with Crippen molar-refractivity contribution in [3.63, 3.8) is 0 Å². The fourth-order valence-electron chi connectivity index (χ4n) is 2.40. The first-order valence-corrected chi connectivity index (χ1v) is 7.41. The van der Waals surface area contributed by atoms with Gasteiger partial charge in [0.25, 0.3) is 0 Å². The van der Waals surface area contributed by atoms with Crippen molar-refractivity contribution < 1.29 is 0 Å². The van der Waals surface area contributed by atoms with Crippen LogP contribution < -0.4 is 5.73 Å². The lowest BCUT2D eigenvalue weighted by Gasteiger charge is -2.23. The maximum atomic E-state index is 6.38. The fraction of sp³-hybridized carbons (Fsp3) is 0.312. The summed E-state index contributed by atoms with van der Waals surface area (Å²) < 4.78 is 1.000. The van der Waals surface area contributed by atoms with Crippen LogP contribution in [0.2, 0.25) is 0 Å². The van der Waals surface area contributed by atoms with E-state index in [1.54, 1.807) is 0 Å². The van der Waals surface area contributed by atoms with Gasteiger partial charge in [0, 0.05) is 28.8 Å². The second kappa shape index (κ2) is 6.83. The molecule has 0 fully saturated rings. The first kappa shape index (κ1) is 14.2. The normalized spacial score (nSPS) is 14.1. The average Bonchev–Trinajstić information content (AvgIpc) is 2.43. The van der Waals surface area contributed by atoms with Gasteiger partial charge in [0.15, 0.2) is 0 Å².